The zero-order chi connectivity index (χ0) is 21.4. The molecule has 1 N–H and O–H groups in total. The van der Waals surface area contributed by atoms with Crippen LogP contribution in [0.2, 0.25) is 5.02 Å². The highest BCUT2D eigenvalue weighted by atomic mass is 35.5. The molecule has 1 aromatic heterocycles. The van der Waals surface area contributed by atoms with Crippen LogP contribution in [-0.4, -0.2) is 21.2 Å². The van der Waals surface area contributed by atoms with Crippen molar-refractivity contribution >= 4 is 17.5 Å². The van der Waals surface area contributed by atoms with E-state index in [1.165, 1.54) is 25.0 Å². The van der Waals surface area contributed by atoms with Crippen LogP contribution in [0.5, 0.6) is 0 Å². The van der Waals surface area contributed by atoms with Gasteiger partial charge in [0, 0.05) is 21.8 Å². The Labute approximate surface area is 189 Å². The van der Waals surface area contributed by atoms with Crippen molar-refractivity contribution in [1.82, 2.24) is 15.1 Å². The maximum absolute atomic E-state index is 13.8. The van der Waals surface area contributed by atoms with E-state index in [2.05, 4.69) is 19.2 Å². The lowest BCUT2D eigenvalue weighted by Gasteiger charge is -2.65. The molecule has 5 heteroatoms. The highest BCUT2D eigenvalue weighted by Crippen LogP contribution is 2.63. The lowest BCUT2D eigenvalue weighted by Crippen LogP contribution is -2.69. The number of nitrogens with one attached hydrogen (secondary N) is 1. The number of hydrogen-bond acceptors (Lipinski definition) is 2. The minimum atomic E-state index is -0.0831. The fourth-order valence-corrected chi connectivity index (χ4v) is 7.80. The van der Waals surface area contributed by atoms with Gasteiger partial charge in [0.1, 0.15) is 0 Å². The van der Waals surface area contributed by atoms with Crippen LogP contribution >= 0.6 is 11.6 Å². The first-order valence-electron chi connectivity index (χ1n) is 12.1. The molecule has 4 nitrogen and oxygen atoms in total. The number of rotatable bonds is 3. The molecule has 4 bridgehead atoms. The monoisotopic (exact) mass is 437 g/mol. The summed E-state index contributed by atoms with van der Waals surface area (Å²) in [5.41, 5.74) is 3.97. The third kappa shape index (κ3) is 2.93. The zero-order valence-corrected chi connectivity index (χ0v) is 19.3. The topological polar surface area (TPSA) is 46.9 Å². The van der Waals surface area contributed by atoms with Gasteiger partial charge in [-0.05, 0) is 99.2 Å². The lowest BCUT2D eigenvalue weighted by atomic mass is 9.43. The summed E-state index contributed by atoms with van der Waals surface area (Å²) in [6.45, 7) is 4.80. The van der Waals surface area contributed by atoms with Gasteiger partial charge >= 0.3 is 0 Å². The Morgan fingerprint density at radius 3 is 2.61 bits per heavy atom. The van der Waals surface area contributed by atoms with E-state index in [9.17, 15) is 4.79 Å². The molecular weight excluding hydrogens is 406 g/mol. The molecule has 5 aliphatic carbocycles. The van der Waals surface area contributed by atoms with E-state index in [1.54, 1.807) is 0 Å². The first-order chi connectivity index (χ1) is 14.9. The van der Waals surface area contributed by atoms with Crippen molar-refractivity contribution in [3.8, 4) is 5.69 Å². The van der Waals surface area contributed by atoms with Crippen LogP contribution < -0.4 is 5.32 Å². The summed E-state index contributed by atoms with van der Waals surface area (Å²) in [6.07, 6.45) is 10.5. The summed E-state index contributed by atoms with van der Waals surface area (Å²) < 4.78 is 1.97. The molecule has 2 aromatic rings. The molecule has 5 aliphatic rings. The Morgan fingerprint density at radius 2 is 1.87 bits per heavy atom. The highest BCUT2D eigenvalue weighted by molar-refractivity contribution is 6.30. The van der Waals surface area contributed by atoms with Crippen LogP contribution in [0.15, 0.2) is 24.3 Å². The van der Waals surface area contributed by atoms with Crippen LogP contribution in [0, 0.1) is 23.2 Å². The molecule has 0 radical (unpaired) electrons. The van der Waals surface area contributed by atoms with Crippen molar-refractivity contribution in [2.24, 2.45) is 23.2 Å². The normalized spacial score (nSPS) is 32.7. The smallest absolute Gasteiger partial charge is 0.272 e. The molecule has 7 rings (SSSR count). The molecule has 4 saturated carbocycles. The molecule has 2 atom stereocenters. The second-order valence-electron chi connectivity index (χ2n) is 11.2. The Bertz CT molecular complexity index is 1040. The molecule has 1 aromatic carbocycles. The van der Waals surface area contributed by atoms with E-state index >= 15 is 0 Å². The van der Waals surface area contributed by atoms with E-state index in [0.717, 1.165) is 67.5 Å². The third-order valence-corrected chi connectivity index (χ3v) is 9.47. The minimum absolute atomic E-state index is 0.0361. The molecule has 1 heterocycles. The molecule has 2 unspecified atom stereocenters. The fourth-order valence-electron chi connectivity index (χ4n) is 7.62. The largest absolute Gasteiger partial charge is 0.345 e. The average molecular weight is 438 g/mol. The summed E-state index contributed by atoms with van der Waals surface area (Å²) in [7, 11) is 0. The maximum Gasteiger partial charge on any atom is 0.272 e. The van der Waals surface area contributed by atoms with Gasteiger partial charge in [0.05, 0.1) is 5.69 Å². The van der Waals surface area contributed by atoms with Crippen molar-refractivity contribution in [3.05, 3.63) is 46.2 Å². The van der Waals surface area contributed by atoms with Crippen molar-refractivity contribution < 1.29 is 4.79 Å². The van der Waals surface area contributed by atoms with Crippen LogP contribution in [0.25, 0.3) is 5.69 Å². The Balaban J connectivity index is 1.38. The number of carbonyl (C=O) groups excluding carboxylic acids is 1. The summed E-state index contributed by atoms with van der Waals surface area (Å²) in [5, 5.41) is 9.21. The SMILES string of the molecule is CC1(C)C2CC3CC(C2)CC1(NC(=O)c1nn(-c2cccc(Cl)c2)c2c1CCCC2)C3. The molecule has 4 fully saturated rings. The molecule has 1 amide bonds. The molecule has 0 spiro atoms. The maximum atomic E-state index is 13.8. The molecule has 164 valence electrons. The van der Waals surface area contributed by atoms with Crippen LogP contribution in [0.1, 0.15) is 80.5 Å². The van der Waals surface area contributed by atoms with E-state index in [1.807, 2.05) is 28.9 Å². The average Bonchev–Trinajstić information content (AvgIpc) is 3.12. The molecule has 0 saturated heterocycles. The van der Waals surface area contributed by atoms with Crippen molar-refractivity contribution in [3.63, 3.8) is 0 Å². The van der Waals surface area contributed by atoms with E-state index in [0.29, 0.717) is 10.7 Å². The molecule has 31 heavy (non-hydrogen) atoms. The van der Waals surface area contributed by atoms with E-state index in [4.69, 9.17) is 16.7 Å². The lowest BCUT2D eigenvalue weighted by molar-refractivity contribution is -0.118. The van der Waals surface area contributed by atoms with E-state index in [-0.39, 0.29) is 16.9 Å². The number of fused-ring (bicyclic) bond motifs is 1. The highest BCUT2D eigenvalue weighted by Gasteiger charge is 2.61. The second kappa shape index (κ2) is 6.84. The minimum Gasteiger partial charge on any atom is -0.345 e. The Hall–Kier alpha value is -1.81. The number of hydrogen-bond donors (Lipinski definition) is 1. The predicted octanol–water partition coefficient (Wildman–Crippen LogP) is 5.74. The van der Waals surface area contributed by atoms with Gasteiger partial charge in [-0.3, -0.25) is 4.79 Å². The quantitative estimate of drug-likeness (QED) is 0.665. The number of amides is 1. The summed E-state index contributed by atoms with van der Waals surface area (Å²) >= 11 is 6.26. The van der Waals surface area contributed by atoms with Gasteiger partial charge in [-0.15, -0.1) is 0 Å². The van der Waals surface area contributed by atoms with E-state index < -0.39 is 0 Å². The summed E-state index contributed by atoms with van der Waals surface area (Å²) in [4.78, 5) is 13.8. The molecule has 0 aliphatic heterocycles. The van der Waals surface area contributed by atoms with Gasteiger partial charge in [-0.2, -0.15) is 5.10 Å². The van der Waals surface area contributed by atoms with Gasteiger partial charge in [0.25, 0.3) is 5.91 Å². The van der Waals surface area contributed by atoms with Crippen molar-refractivity contribution in [2.75, 3.05) is 0 Å². The van der Waals surface area contributed by atoms with Crippen molar-refractivity contribution in [2.45, 2.75) is 77.2 Å². The Morgan fingerprint density at radius 1 is 1.13 bits per heavy atom. The first kappa shape index (κ1) is 19.8. The number of benzene rings is 1. The number of nitrogens with zero attached hydrogens (tertiary/aromatic N) is 2. The van der Waals surface area contributed by atoms with Gasteiger partial charge in [-0.25, -0.2) is 4.68 Å². The number of halogens is 1. The number of aromatic nitrogens is 2. The zero-order valence-electron chi connectivity index (χ0n) is 18.6. The van der Waals surface area contributed by atoms with Gasteiger partial charge < -0.3 is 5.32 Å². The van der Waals surface area contributed by atoms with Crippen LogP contribution in [0.4, 0.5) is 0 Å². The molecular formula is C26H32ClN3O. The number of carbonyl (C=O) groups is 1. The van der Waals surface area contributed by atoms with Crippen molar-refractivity contribution in [1.29, 1.82) is 0 Å². The standard InChI is InChI=1S/C26H32ClN3O/c1-25(2)18-11-16-10-17(12-18)15-26(25,14-16)28-24(31)23-21-8-3-4-9-22(21)30(29-23)20-7-5-6-19(27)13-20/h5-7,13,16-18H,3-4,8-12,14-15H2,1-2H3,(H,28,31). The Kier molecular flexibility index (Phi) is 4.38. The fraction of sp³-hybridized carbons (Fsp3) is 0.615. The summed E-state index contributed by atoms with van der Waals surface area (Å²) in [6, 6.07) is 7.79. The van der Waals surface area contributed by atoms with Crippen LogP contribution in [-0.2, 0) is 12.8 Å². The van der Waals surface area contributed by atoms with Crippen LogP contribution in [0.3, 0.4) is 0 Å². The van der Waals surface area contributed by atoms with Gasteiger partial charge in [0.2, 0.25) is 0 Å². The van der Waals surface area contributed by atoms with Gasteiger partial charge in [0.15, 0.2) is 5.69 Å². The first-order valence-corrected chi connectivity index (χ1v) is 12.4. The third-order valence-electron chi connectivity index (χ3n) is 9.23. The predicted molar refractivity (Wildman–Crippen MR) is 123 cm³/mol. The second-order valence-corrected chi connectivity index (χ2v) is 11.6. The van der Waals surface area contributed by atoms with Gasteiger partial charge in [-0.1, -0.05) is 31.5 Å². The summed E-state index contributed by atoms with van der Waals surface area (Å²) in [5.74, 6) is 2.33.